The summed E-state index contributed by atoms with van der Waals surface area (Å²) in [4.78, 5) is 0. The molecule has 0 radical (unpaired) electrons. The number of ether oxygens (including phenoxy) is 2. The first kappa shape index (κ1) is 14.8. The van der Waals surface area contributed by atoms with Crippen molar-refractivity contribution in [1.29, 1.82) is 0 Å². The van der Waals surface area contributed by atoms with Gasteiger partial charge in [0, 0.05) is 25.2 Å². The Morgan fingerprint density at radius 1 is 1.25 bits per heavy atom. The van der Waals surface area contributed by atoms with Gasteiger partial charge in [-0.05, 0) is 64.3 Å². The summed E-state index contributed by atoms with van der Waals surface area (Å²) in [5.74, 6) is 1.48. The van der Waals surface area contributed by atoms with E-state index in [2.05, 4.69) is 19.2 Å². The second-order valence-electron chi connectivity index (χ2n) is 7.15. The third-order valence-corrected chi connectivity index (χ3v) is 5.83. The fourth-order valence-corrected chi connectivity index (χ4v) is 4.49. The minimum atomic E-state index is 0.262. The lowest BCUT2D eigenvalue weighted by molar-refractivity contribution is -0.149. The molecule has 3 rings (SSSR count). The zero-order valence-corrected chi connectivity index (χ0v) is 13.2. The highest BCUT2D eigenvalue weighted by Gasteiger charge is 2.46. The maximum Gasteiger partial charge on any atom is 0.0685 e. The molecular formula is C17H31NO2. The van der Waals surface area contributed by atoms with E-state index in [-0.39, 0.29) is 5.60 Å². The molecule has 2 heterocycles. The van der Waals surface area contributed by atoms with Crippen LogP contribution in [-0.4, -0.2) is 37.5 Å². The monoisotopic (exact) mass is 281 g/mol. The van der Waals surface area contributed by atoms with Gasteiger partial charge < -0.3 is 14.8 Å². The molecule has 0 aromatic rings. The molecule has 0 amide bonds. The maximum atomic E-state index is 6.12. The summed E-state index contributed by atoms with van der Waals surface area (Å²) in [6.07, 6.45) is 9.32. The van der Waals surface area contributed by atoms with Crippen molar-refractivity contribution >= 4 is 0 Å². The molecule has 4 unspecified atom stereocenters. The molecule has 3 heteroatoms. The van der Waals surface area contributed by atoms with Crippen molar-refractivity contribution in [1.82, 2.24) is 5.32 Å². The van der Waals surface area contributed by atoms with E-state index < -0.39 is 0 Å². The van der Waals surface area contributed by atoms with Crippen LogP contribution >= 0.6 is 0 Å². The Morgan fingerprint density at radius 2 is 2.10 bits per heavy atom. The van der Waals surface area contributed by atoms with E-state index in [0.29, 0.717) is 18.1 Å². The minimum Gasteiger partial charge on any atom is -0.378 e. The van der Waals surface area contributed by atoms with Crippen molar-refractivity contribution in [3.05, 3.63) is 0 Å². The van der Waals surface area contributed by atoms with Crippen LogP contribution in [0.15, 0.2) is 0 Å². The first-order valence-corrected chi connectivity index (χ1v) is 8.73. The summed E-state index contributed by atoms with van der Waals surface area (Å²) < 4.78 is 12.0. The smallest absolute Gasteiger partial charge is 0.0685 e. The molecule has 1 saturated carbocycles. The van der Waals surface area contributed by atoms with Gasteiger partial charge in [0.05, 0.1) is 11.7 Å². The molecule has 4 atom stereocenters. The molecule has 3 fully saturated rings. The molecule has 116 valence electrons. The summed E-state index contributed by atoms with van der Waals surface area (Å²) in [6.45, 7) is 7.58. The summed E-state index contributed by atoms with van der Waals surface area (Å²) in [5.41, 5.74) is 0.262. The molecule has 20 heavy (non-hydrogen) atoms. The molecule has 1 N–H and O–H groups in total. The van der Waals surface area contributed by atoms with Crippen LogP contribution in [0, 0.1) is 11.8 Å². The third kappa shape index (κ3) is 2.90. The van der Waals surface area contributed by atoms with E-state index in [0.717, 1.165) is 25.7 Å². The van der Waals surface area contributed by atoms with Gasteiger partial charge in [-0.3, -0.25) is 0 Å². The lowest BCUT2D eigenvalue weighted by atomic mass is 9.68. The van der Waals surface area contributed by atoms with Crippen molar-refractivity contribution in [2.75, 3.05) is 19.8 Å². The third-order valence-electron chi connectivity index (χ3n) is 5.83. The van der Waals surface area contributed by atoms with Crippen LogP contribution in [-0.2, 0) is 9.47 Å². The van der Waals surface area contributed by atoms with Crippen LogP contribution in [0.5, 0.6) is 0 Å². The molecular weight excluding hydrogens is 250 g/mol. The maximum absolute atomic E-state index is 6.12. The highest BCUT2D eigenvalue weighted by Crippen LogP contribution is 2.46. The second-order valence-corrected chi connectivity index (χ2v) is 7.15. The summed E-state index contributed by atoms with van der Waals surface area (Å²) in [5, 5.41) is 3.86. The molecule has 0 aromatic heterocycles. The average molecular weight is 281 g/mol. The predicted octanol–water partition coefficient (Wildman–Crippen LogP) is 3.13. The number of rotatable bonds is 5. The lowest BCUT2D eigenvalue weighted by Crippen LogP contribution is -2.53. The Hall–Kier alpha value is -0.120. The van der Waals surface area contributed by atoms with E-state index in [1.54, 1.807) is 0 Å². The van der Waals surface area contributed by atoms with Gasteiger partial charge in [0.1, 0.15) is 0 Å². The molecule has 1 aliphatic carbocycles. The van der Waals surface area contributed by atoms with E-state index in [1.165, 1.54) is 44.9 Å². The van der Waals surface area contributed by atoms with Gasteiger partial charge in [-0.1, -0.05) is 6.92 Å². The van der Waals surface area contributed by atoms with Crippen molar-refractivity contribution in [3.8, 4) is 0 Å². The molecule has 2 saturated heterocycles. The van der Waals surface area contributed by atoms with Gasteiger partial charge in [0.25, 0.3) is 0 Å². The Balaban J connectivity index is 1.67. The molecule has 3 nitrogen and oxygen atoms in total. The molecule has 1 spiro atoms. The Kier molecular flexibility index (Phi) is 4.68. The Morgan fingerprint density at radius 3 is 2.70 bits per heavy atom. The Bertz CT molecular complexity index is 316. The van der Waals surface area contributed by atoms with E-state index >= 15 is 0 Å². The van der Waals surface area contributed by atoms with E-state index in [1.807, 2.05) is 0 Å². The number of nitrogens with one attached hydrogen (secondary N) is 1. The van der Waals surface area contributed by atoms with Gasteiger partial charge in [0.15, 0.2) is 0 Å². The second kappa shape index (κ2) is 6.33. The summed E-state index contributed by atoms with van der Waals surface area (Å²) in [6, 6.07) is 0.633. The fraction of sp³-hybridized carbons (Fsp3) is 1.00. The first-order chi connectivity index (χ1) is 9.74. The lowest BCUT2D eigenvalue weighted by Gasteiger charge is -2.50. The molecule has 2 aliphatic heterocycles. The van der Waals surface area contributed by atoms with Gasteiger partial charge in [0.2, 0.25) is 0 Å². The van der Waals surface area contributed by atoms with E-state index in [9.17, 15) is 0 Å². The molecule has 0 aromatic carbocycles. The predicted molar refractivity (Wildman–Crippen MR) is 80.9 cm³/mol. The van der Waals surface area contributed by atoms with Crippen molar-refractivity contribution in [2.45, 2.75) is 76.5 Å². The summed E-state index contributed by atoms with van der Waals surface area (Å²) in [7, 11) is 0. The van der Waals surface area contributed by atoms with Crippen molar-refractivity contribution in [2.24, 2.45) is 11.8 Å². The molecule has 0 bridgehead atoms. The highest BCUT2D eigenvalue weighted by atomic mass is 16.5. The minimum absolute atomic E-state index is 0.262. The fourth-order valence-electron chi connectivity index (χ4n) is 4.49. The SMILES string of the molecule is CCCNC(C1CCOC2(CCC2)C1)C1CCOC1C. The normalized spacial score (nSPS) is 37.8. The largest absolute Gasteiger partial charge is 0.378 e. The van der Waals surface area contributed by atoms with Crippen LogP contribution in [0.2, 0.25) is 0 Å². The summed E-state index contributed by atoms with van der Waals surface area (Å²) >= 11 is 0. The zero-order chi connectivity index (χ0) is 14.0. The highest BCUT2D eigenvalue weighted by molar-refractivity contribution is 4.99. The quantitative estimate of drug-likeness (QED) is 0.840. The van der Waals surface area contributed by atoms with Gasteiger partial charge >= 0.3 is 0 Å². The van der Waals surface area contributed by atoms with Gasteiger partial charge in [-0.15, -0.1) is 0 Å². The average Bonchev–Trinajstić information content (AvgIpc) is 2.84. The van der Waals surface area contributed by atoms with Gasteiger partial charge in [-0.25, -0.2) is 0 Å². The van der Waals surface area contributed by atoms with E-state index in [4.69, 9.17) is 9.47 Å². The zero-order valence-electron chi connectivity index (χ0n) is 13.2. The van der Waals surface area contributed by atoms with Crippen molar-refractivity contribution < 1.29 is 9.47 Å². The van der Waals surface area contributed by atoms with Crippen LogP contribution in [0.1, 0.15) is 58.8 Å². The van der Waals surface area contributed by atoms with Crippen LogP contribution < -0.4 is 5.32 Å². The number of hydrogen-bond donors (Lipinski definition) is 1. The number of hydrogen-bond acceptors (Lipinski definition) is 3. The van der Waals surface area contributed by atoms with Crippen LogP contribution in [0.3, 0.4) is 0 Å². The van der Waals surface area contributed by atoms with Crippen molar-refractivity contribution in [3.63, 3.8) is 0 Å². The standard InChI is InChI=1S/C17H31NO2/c1-3-9-18-16(15-6-10-19-13(15)2)14-5-11-20-17(12-14)7-4-8-17/h13-16,18H,3-12H2,1-2H3. The van der Waals surface area contributed by atoms with Crippen LogP contribution in [0.4, 0.5) is 0 Å². The van der Waals surface area contributed by atoms with Gasteiger partial charge in [-0.2, -0.15) is 0 Å². The Labute approximate surface area is 123 Å². The first-order valence-electron chi connectivity index (χ1n) is 8.73. The molecule has 3 aliphatic rings. The topological polar surface area (TPSA) is 30.5 Å². The van der Waals surface area contributed by atoms with Crippen LogP contribution in [0.25, 0.3) is 0 Å².